The average Bonchev–Trinajstić information content (AvgIpc) is 2.96. The highest BCUT2D eigenvalue weighted by molar-refractivity contribution is 7.80. The van der Waals surface area contributed by atoms with Gasteiger partial charge in [-0.3, -0.25) is 10.1 Å². The molecule has 3 aromatic rings. The molecule has 0 aliphatic carbocycles. The van der Waals surface area contributed by atoms with Crippen LogP contribution < -0.4 is 10.6 Å². The Morgan fingerprint density at radius 2 is 1.96 bits per heavy atom. The fraction of sp³-hybridized carbons (Fsp3) is 0.105. The zero-order chi connectivity index (χ0) is 17.8. The molecule has 3 rings (SSSR count). The Balaban J connectivity index is 1.63. The van der Waals surface area contributed by atoms with Crippen molar-refractivity contribution in [3.8, 4) is 0 Å². The number of hydrogen-bond acceptors (Lipinski definition) is 4. The van der Waals surface area contributed by atoms with E-state index in [0.29, 0.717) is 5.13 Å². The molecular weight excluding hydrogens is 350 g/mol. The van der Waals surface area contributed by atoms with Crippen LogP contribution in [0.25, 0.3) is 16.3 Å². The maximum atomic E-state index is 11.9. The lowest BCUT2D eigenvalue weighted by molar-refractivity contribution is -0.115. The maximum absolute atomic E-state index is 11.9. The van der Waals surface area contributed by atoms with Crippen LogP contribution in [0.5, 0.6) is 0 Å². The van der Waals surface area contributed by atoms with Crippen LogP contribution in [0.2, 0.25) is 0 Å². The lowest BCUT2D eigenvalue weighted by Gasteiger charge is -2.04. The van der Waals surface area contributed by atoms with Crippen molar-refractivity contribution in [1.82, 2.24) is 10.3 Å². The van der Waals surface area contributed by atoms with Crippen molar-refractivity contribution in [1.29, 1.82) is 0 Å². The minimum absolute atomic E-state index is 0.233. The van der Waals surface area contributed by atoms with E-state index in [1.807, 2.05) is 37.3 Å². The van der Waals surface area contributed by atoms with Crippen molar-refractivity contribution in [2.45, 2.75) is 13.8 Å². The molecule has 126 valence electrons. The molecule has 4 nitrogen and oxygen atoms in total. The third kappa shape index (κ3) is 4.49. The SMILES string of the molecule is Cc1cc(C)c2nc(NC(=S)NC(=O)/C=C/c3ccccc3)sc2c1. The van der Waals surface area contributed by atoms with E-state index < -0.39 is 0 Å². The van der Waals surface area contributed by atoms with E-state index in [2.05, 4.69) is 34.7 Å². The number of nitrogens with zero attached hydrogens (tertiary/aromatic N) is 1. The molecule has 0 fully saturated rings. The molecule has 0 unspecified atom stereocenters. The van der Waals surface area contributed by atoms with Gasteiger partial charge in [0, 0.05) is 6.08 Å². The first-order chi connectivity index (χ1) is 12.0. The second-order valence-corrected chi connectivity index (χ2v) is 7.07. The number of anilines is 1. The zero-order valence-electron chi connectivity index (χ0n) is 13.9. The van der Waals surface area contributed by atoms with Crippen molar-refractivity contribution in [2.24, 2.45) is 0 Å². The first kappa shape index (κ1) is 17.3. The standard InChI is InChI=1S/C19H17N3OS2/c1-12-10-13(2)17-15(11-12)25-19(21-17)22-18(24)20-16(23)9-8-14-6-4-3-5-7-14/h3-11H,1-2H3,(H2,20,21,22,23,24)/b9-8+. The highest BCUT2D eigenvalue weighted by Gasteiger charge is 2.09. The summed E-state index contributed by atoms with van der Waals surface area (Å²) in [6.07, 6.45) is 3.19. The van der Waals surface area contributed by atoms with Gasteiger partial charge in [0.1, 0.15) is 0 Å². The monoisotopic (exact) mass is 367 g/mol. The number of aryl methyl sites for hydroxylation is 2. The zero-order valence-corrected chi connectivity index (χ0v) is 15.5. The molecule has 25 heavy (non-hydrogen) atoms. The van der Waals surface area contributed by atoms with E-state index in [1.54, 1.807) is 6.08 Å². The van der Waals surface area contributed by atoms with E-state index in [9.17, 15) is 4.79 Å². The van der Waals surface area contributed by atoms with Gasteiger partial charge in [-0.1, -0.05) is 47.7 Å². The fourth-order valence-corrected chi connectivity index (χ4v) is 3.75. The van der Waals surface area contributed by atoms with Gasteiger partial charge in [0.25, 0.3) is 0 Å². The summed E-state index contributed by atoms with van der Waals surface area (Å²) in [5.41, 5.74) is 4.23. The molecule has 1 amide bonds. The summed E-state index contributed by atoms with van der Waals surface area (Å²) in [4.78, 5) is 16.5. The number of fused-ring (bicyclic) bond motifs is 1. The molecule has 6 heteroatoms. The second-order valence-electron chi connectivity index (χ2n) is 5.63. The minimum Gasteiger partial charge on any atom is -0.308 e. The first-order valence-corrected chi connectivity index (χ1v) is 8.96. The van der Waals surface area contributed by atoms with Crippen LogP contribution in [0.15, 0.2) is 48.5 Å². The van der Waals surface area contributed by atoms with Crippen LogP contribution in [-0.4, -0.2) is 16.0 Å². The summed E-state index contributed by atoms with van der Waals surface area (Å²) in [7, 11) is 0. The van der Waals surface area contributed by atoms with Gasteiger partial charge in [0.15, 0.2) is 10.2 Å². The number of nitrogens with one attached hydrogen (secondary N) is 2. The Labute approximate surface area is 155 Å². The summed E-state index contributed by atoms with van der Waals surface area (Å²) >= 11 is 6.71. The first-order valence-electron chi connectivity index (χ1n) is 7.74. The van der Waals surface area contributed by atoms with Gasteiger partial charge >= 0.3 is 0 Å². The summed E-state index contributed by atoms with van der Waals surface area (Å²) in [5.74, 6) is -0.283. The van der Waals surface area contributed by atoms with Crippen LogP contribution in [0.4, 0.5) is 5.13 Å². The molecule has 0 radical (unpaired) electrons. The second kappa shape index (κ2) is 7.55. The number of carbonyl (C=O) groups is 1. The molecule has 1 heterocycles. The summed E-state index contributed by atoms with van der Waals surface area (Å²) in [6, 6.07) is 13.8. The van der Waals surface area contributed by atoms with Gasteiger partial charge in [-0.05, 0) is 54.9 Å². The fourth-order valence-electron chi connectivity index (χ4n) is 2.44. The molecule has 1 aromatic heterocycles. The number of thiazole rings is 1. The van der Waals surface area contributed by atoms with Crippen LogP contribution in [-0.2, 0) is 4.79 Å². The average molecular weight is 367 g/mol. The van der Waals surface area contributed by atoms with E-state index in [0.717, 1.165) is 21.3 Å². The number of hydrogen-bond donors (Lipinski definition) is 2. The van der Waals surface area contributed by atoms with Gasteiger partial charge in [-0.2, -0.15) is 0 Å². The largest absolute Gasteiger partial charge is 0.308 e. The molecular formula is C19H17N3OS2. The van der Waals surface area contributed by atoms with Gasteiger partial charge in [0.2, 0.25) is 5.91 Å². The van der Waals surface area contributed by atoms with E-state index in [4.69, 9.17) is 12.2 Å². The number of rotatable bonds is 3. The topological polar surface area (TPSA) is 54.0 Å². The van der Waals surface area contributed by atoms with E-state index in [1.165, 1.54) is 23.0 Å². The smallest absolute Gasteiger partial charge is 0.250 e. The minimum atomic E-state index is -0.283. The van der Waals surface area contributed by atoms with Crippen LogP contribution in [0.3, 0.4) is 0 Å². The molecule has 0 saturated heterocycles. The normalized spacial score (nSPS) is 11.0. The van der Waals surface area contributed by atoms with E-state index >= 15 is 0 Å². The van der Waals surface area contributed by atoms with E-state index in [-0.39, 0.29) is 11.0 Å². The molecule has 0 atom stereocenters. The molecule has 0 saturated carbocycles. The number of aromatic nitrogens is 1. The van der Waals surface area contributed by atoms with Gasteiger partial charge < -0.3 is 5.32 Å². The highest BCUT2D eigenvalue weighted by atomic mass is 32.1. The third-order valence-corrected chi connectivity index (χ3v) is 4.64. The Hall–Kier alpha value is -2.57. The number of carbonyl (C=O) groups excluding carboxylic acids is 1. The van der Waals surface area contributed by atoms with Crippen molar-refractivity contribution in [3.63, 3.8) is 0 Å². The van der Waals surface area contributed by atoms with Crippen LogP contribution in [0, 0.1) is 13.8 Å². The summed E-state index contributed by atoms with van der Waals surface area (Å²) in [5, 5.41) is 6.51. The lowest BCUT2D eigenvalue weighted by atomic mass is 10.1. The highest BCUT2D eigenvalue weighted by Crippen LogP contribution is 2.29. The van der Waals surface area contributed by atoms with Crippen molar-refractivity contribution in [3.05, 3.63) is 65.2 Å². The third-order valence-electron chi connectivity index (χ3n) is 3.51. The van der Waals surface area contributed by atoms with Gasteiger partial charge in [0.05, 0.1) is 10.2 Å². The number of thiocarbonyl (C=S) groups is 1. The Morgan fingerprint density at radius 1 is 1.20 bits per heavy atom. The Morgan fingerprint density at radius 3 is 2.72 bits per heavy atom. The molecule has 0 aliphatic heterocycles. The van der Waals surface area contributed by atoms with Gasteiger partial charge in [-0.25, -0.2) is 4.98 Å². The van der Waals surface area contributed by atoms with Gasteiger partial charge in [-0.15, -0.1) is 0 Å². The predicted molar refractivity (Wildman–Crippen MR) is 109 cm³/mol. The molecule has 0 aliphatic rings. The Bertz CT molecular complexity index is 961. The number of amides is 1. The maximum Gasteiger partial charge on any atom is 0.250 e. The van der Waals surface area contributed by atoms with Crippen LogP contribution >= 0.6 is 23.6 Å². The predicted octanol–water partition coefficient (Wildman–Crippen LogP) is 4.44. The molecule has 2 aromatic carbocycles. The molecule has 0 bridgehead atoms. The Kier molecular flexibility index (Phi) is 5.21. The molecule has 0 spiro atoms. The van der Waals surface area contributed by atoms with Crippen molar-refractivity contribution < 1.29 is 4.79 Å². The van der Waals surface area contributed by atoms with Crippen molar-refractivity contribution in [2.75, 3.05) is 5.32 Å². The summed E-state index contributed by atoms with van der Waals surface area (Å²) in [6.45, 7) is 4.09. The summed E-state index contributed by atoms with van der Waals surface area (Å²) < 4.78 is 1.10. The quantitative estimate of drug-likeness (QED) is 0.531. The molecule has 2 N–H and O–H groups in total. The number of benzene rings is 2. The van der Waals surface area contributed by atoms with Crippen molar-refractivity contribution >= 4 is 56.0 Å². The lowest BCUT2D eigenvalue weighted by Crippen LogP contribution is -2.32. The van der Waals surface area contributed by atoms with Crippen LogP contribution in [0.1, 0.15) is 16.7 Å².